The average molecular weight is 433 g/mol. The predicted molar refractivity (Wildman–Crippen MR) is 108 cm³/mol. The van der Waals surface area contributed by atoms with E-state index < -0.39 is 0 Å². The van der Waals surface area contributed by atoms with Crippen LogP contribution in [-0.4, -0.2) is 34.4 Å². The number of pyridine rings is 1. The van der Waals surface area contributed by atoms with Crippen molar-refractivity contribution in [3.8, 4) is 11.6 Å². The van der Waals surface area contributed by atoms with Gasteiger partial charge < -0.3 is 14.8 Å². The molecule has 1 aromatic carbocycles. The van der Waals surface area contributed by atoms with E-state index in [0.29, 0.717) is 17.3 Å². The first-order valence-electron chi connectivity index (χ1n) is 8.38. The summed E-state index contributed by atoms with van der Waals surface area (Å²) in [4.78, 5) is 16.9. The highest BCUT2D eigenvalue weighted by Crippen LogP contribution is 2.32. The molecular formula is C19H21BrN4O3. The molecule has 0 fully saturated rings. The van der Waals surface area contributed by atoms with Gasteiger partial charge in [-0.05, 0) is 50.1 Å². The van der Waals surface area contributed by atoms with Gasteiger partial charge in [-0.3, -0.25) is 4.79 Å². The van der Waals surface area contributed by atoms with Gasteiger partial charge in [-0.2, -0.15) is 0 Å². The largest absolute Gasteiger partial charge is 0.495 e. The number of hydrogen-bond donors (Lipinski definition) is 1. The molecule has 0 atom stereocenters. The molecule has 142 valence electrons. The second kappa shape index (κ2) is 7.56. The lowest BCUT2D eigenvalue weighted by Gasteiger charge is -2.13. The van der Waals surface area contributed by atoms with Gasteiger partial charge in [0.05, 0.1) is 18.2 Å². The maximum absolute atomic E-state index is 12.4. The van der Waals surface area contributed by atoms with E-state index in [2.05, 4.69) is 31.3 Å². The summed E-state index contributed by atoms with van der Waals surface area (Å²) < 4.78 is 13.6. The summed E-state index contributed by atoms with van der Waals surface area (Å²) in [6.45, 7) is 5.63. The van der Waals surface area contributed by atoms with Crippen molar-refractivity contribution < 1.29 is 14.3 Å². The Labute approximate surface area is 165 Å². The highest BCUT2D eigenvalue weighted by molar-refractivity contribution is 9.10. The lowest BCUT2D eigenvalue weighted by molar-refractivity contribution is -0.118. The molecule has 3 aromatic rings. The molecule has 0 bridgehead atoms. The zero-order valence-corrected chi connectivity index (χ0v) is 17.5. The van der Waals surface area contributed by atoms with Crippen LogP contribution in [0.5, 0.6) is 11.6 Å². The number of nitrogens with one attached hydrogen (secondary N) is 1. The summed E-state index contributed by atoms with van der Waals surface area (Å²) in [6, 6.07) is 5.67. The highest BCUT2D eigenvalue weighted by Gasteiger charge is 2.17. The molecule has 0 saturated heterocycles. The van der Waals surface area contributed by atoms with E-state index in [4.69, 9.17) is 9.47 Å². The normalized spacial score (nSPS) is 10.9. The fourth-order valence-corrected chi connectivity index (χ4v) is 3.54. The Balaban J connectivity index is 1.79. The van der Waals surface area contributed by atoms with Gasteiger partial charge in [-0.15, -0.1) is 5.10 Å². The van der Waals surface area contributed by atoms with Crippen molar-refractivity contribution in [2.75, 3.05) is 19.0 Å². The Morgan fingerprint density at radius 2 is 1.96 bits per heavy atom. The van der Waals surface area contributed by atoms with Crippen molar-refractivity contribution in [3.63, 3.8) is 0 Å². The molecule has 0 spiro atoms. The topological polar surface area (TPSA) is 78.3 Å². The molecule has 1 N–H and O–H groups in total. The Kier molecular flexibility index (Phi) is 5.36. The predicted octanol–water partition coefficient (Wildman–Crippen LogP) is 3.68. The lowest BCUT2D eigenvalue weighted by atomic mass is 10.2. The fourth-order valence-electron chi connectivity index (χ4n) is 2.99. The average Bonchev–Trinajstić information content (AvgIpc) is 2.91. The molecule has 2 aromatic heterocycles. The number of fused-ring (bicyclic) bond motifs is 1. The first-order chi connectivity index (χ1) is 12.8. The third-order valence-corrected chi connectivity index (χ3v) is 4.63. The molecule has 3 rings (SSSR count). The van der Waals surface area contributed by atoms with Crippen LogP contribution in [0.2, 0.25) is 0 Å². The fraction of sp³-hybridized carbons (Fsp3) is 0.316. The Bertz CT molecular complexity index is 1030. The van der Waals surface area contributed by atoms with Crippen LogP contribution in [0.25, 0.3) is 11.0 Å². The molecule has 0 radical (unpaired) electrons. The maximum atomic E-state index is 12.4. The van der Waals surface area contributed by atoms with Crippen LogP contribution in [0.3, 0.4) is 0 Å². The van der Waals surface area contributed by atoms with E-state index in [-0.39, 0.29) is 12.5 Å². The van der Waals surface area contributed by atoms with E-state index in [9.17, 15) is 4.79 Å². The van der Waals surface area contributed by atoms with Crippen LogP contribution in [0.4, 0.5) is 5.69 Å². The van der Waals surface area contributed by atoms with E-state index in [0.717, 1.165) is 32.3 Å². The second-order valence-corrected chi connectivity index (χ2v) is 7.26. The van der Waals surface area contributed by atoms with Gasteiger partial charge in [0.25, 0.3) is 5.91 Å². The Hall–Kier alpha value is -2.61. The van der Waals surface area contributed by atoms with Crippen molar-refractivity contribution >= 4 is 38.6 Å². The molecule has 7 nitrogen and oxygen atoms in total. The van der Waals surface area contributed by atoms with Gasteiger partial charge in [0.15, 0.2) is 12.3 Å². The van der Waals surface area contributed by atoms with Crippen LogP contribution >= 0.6 is 15.9 Å². The quantitative estimate of drug-likeness (QED) is 0.664. The summed E-state index contributed by atoms with van der Waals surface area (Å²) in [5, 5.41) is 8.01. The molecule has 0 unspecified atom stereocenters. The van der Waals surface area contributed by atoms with Crippen molar-refractivity contribution in [2.24, 2.45) is 7.05 Å². The number of benzene rings is 1. The van der Waals surface area contributed by atoms with E-state index >= 15 is 0 Å². The van der Waals surface area contributed by atoms with Crippen molar-refractivity contribution in [2.45, 2.75) is 20.8 Å². The molecular weight excluding hydrogens is 412 g/mol. The zero-order valence-electron chi connectivity index (χ0n) is 15.9. The summed E-state index contributed by atoms with van der Waals surface area (Å²) in [5.74, 6) is 0.677. The second-order valence-electron chi connectivity index (χ2n) is 6.34. The van der Waals surface area contributed by atoms with Crippen molar-refractivity contribution in [1.29, 1.82) is 0 Å². The van der Waals surface area contributed by atoms with E-state index in [1.165, 1.54) is 0 Å². The van der Waals surface area contributed by atoms with Gasteiger partial charge >= 0.3 is 0 Å². The number of carbonyl (C=O) groups is 1. The minimum Gasteiger partial charge on any atom is -0.495 e. The minimum absolute atomic E-state index is 0.169. The summed E-state index contributed by atoms with van der Waals surface area (Å²) >= 11 is 3.42. The number of aryl methyl sites for hydroxylation is 4. The first-order valence-corrected chi connectivity index (χ1v) is 9.17. The summed E-state index contributed by atoms with van der Waals surface area (Å²) in [7, 11) is 3.36. The van der Waals surface area contributed by atoms with Crippen LogP contribution in [0.1, 0.15) is 16.8 Å². The molecule has 0 aliphatic carbocycles. The Morgan fingerprint density at radius 3 is 2.67 bits per heavy atom. The molecule has 0 aliphatic heterocycles. The third-order valence-electron chi connectivity index (χ3n) is 4.18. The van der Waals surface area contributed by atoms with Gasteiger partial charge in [0.2, 0.25) is 5.88 Å². The van der Waals surface area contributed by atoms with Crippen LogP contribution in [0, 0.1) is 20.8 Å². The molecule has 8 heteroatoms. The highest BCUT2D eigenvalue weighted by atomic mass is 79.9. The van der Waals surface area contributed by atoms with Crippen LogP contribution < -0.4 is 14.8 Å². The van der Waals surface area contributed by atoms with Gasteiger partial charge in [0, 0.05) is 17.2 Å². The monoisotopic (exact) mass is 432 g/mol. The number of ether oxygens (including phenoxy) is 2. The molecule has 1 amide bonds. The summed E-state index contributed by atoms with van der Waals surface area (Å²) in [6.07, 6.45) is 0. The van der Waals surface area contributed by atoms with Crippen molar-refractivity contribution in [3.05, 3.63) is 39.5 Å². The molecule has 0 aliphatic rings. The number of amides is 1. The SMILES string of the molecule is COc1cc(Br)cc(C)c1NC(=O)COc1nn(C)c2nc(C)cc(C)c12. The lowest BCUT2D eigenvalue weighted by Crippen LogP contribution is -2.21. The number of rotatable bonds is 5. The van der Waals surface area contributed by atoms with Gasteiger partial charge in [-0.25, -0.2) is 9.67 Å². The molecule has 0 saturated carbocycles. The maximum Gasteiger partial charge on any atom is 0.262 e. The minimum atomic E-state index is -0.296. The number of aromatic nitrogens is 3. The smallest absolute Gasteiger partial charge is 0.262 e. The van der Waals surface area contributed by atoms with Crippen LogP contribution in [0.15, 0.2) is 22.7 Å². The van der Waals surface area contributed by atoms with E-state index in [1.807, 2.05) is 32.9 Å². The number of methoxy groups -OCH3 is 1. The number of anilines is 1. The van der Waals surface area contributed by atoms with E-state index in [1.54, 1.807) is 24.9 Å². The van der Waals surface area contributed by atoms with Crippen molar-refractivity contribution in [1.82, 2.24) is 14.8 Å². The summed E-state index contributed by atoms with van der Waals surface area (Å²) in [5.41, 5.74) is 4.15. The standard InChI is InChI=1S/C19H21BrN4O3/c1-10-6-12(3)21-18-16(10)19(23-24(18)4)27-9-15(25)22-17-11(2)7-13(20)8-14(17)26-5/h6-8H,9H2,1-5H3,(H,22,25). The number of hydrogen-bond acceptors (Lipinski definition) is 5. The zero-order chi connectivity index (χ0) is 19.7. The first kappa shape index (κ1) is 19.2. The van der Waals surface area contributed by atoms with Gasteiger partial charge in [0.1, 0.15) is 5.75 Å². The third kappa shape index (κ3) is 3.90. The number of nitrogens with zero attached hydrogens (tertiary/aromatic N) is 3. The Morgan fingerprint density at radius 1 is 1.22 bits per heavy atom. The number of carbonyl (C=O) groups excluding carboxylic acids is 1. The molecule has 2 heterocycles. The molecule has 27 heavy (non-hydrogen) atoms. The van der Waals surface area contributed by atoms with Gasteiger partial charge in [-0.1, -0.05) is 15.9 Å². The number of halogens is 1. The van der Waals surface area contributed by atoms with Crippen LogP contribution in [-0.2, 0) is 11.8 Å².